The van der Waals surface area contributed by atoms with Gasteiger partial charge in [-0.25, -0.2) is 4.79 Å². The Morgan fingerprint density at radius 1 is 1.43 bits per heavy atom. The van der Waals surface area contributed by atoms with Crippen molar-refractivity contribution in [2.24, 2.45) is 0 Å². The van der Waals surface area contributed by atoms with Crippen molar-refractivity contribution in [1.82, 2.24) is 20.7 Å². The summed E-state index contributed by atoms with van der Waals surface area (Å²) in [6.07, 6.45) is 0. The van der Waals surface area contributed by atoms with Crippen LogP contribution in [0.4, 0.5) is 4.79 Å². The Morgan fingerprint density at radius 3 is 3.00 bits per heavy atom. The van der Waals surface area contributed by atoms with E-state index in [0.717, 1.165) is 5.56 Å². The second-order valence-electron chi connectivity index (χ2n) is 5.37. The molecule has 0 spiro atoms. The molecule has 3 amide bonds. The summed E-state index contributed by atoms with van der Waals surface area (Å²) in [4.78, 5) is 25.3. The third-order valence-corrected chi connectivity index (χ3v) is 3.80. The summed E-state index contributed by atoms with van der Waals surface area (Å²) in [7, 11) is 0. The van der Waals surface area contributed by atoms with Gasteiger partial charge in [-0.2, -0.15) is 0 Å². The van der Waals surface area contributed by atoms with Crippen LogP contribution in [-0.2, 0) is 11.3 Å². The van der Waals surface area contributed by atoms with E-state index in [0.29, 0.717) is 24.5 Å². The van der Waals surface area contributed by atoms with Crippen LogP contribution in [0.5, 0.6) is 0 Å². The maximum absolute atomic E-state index is 12.2. The maximum atomic E-state index is 12.2. The number of rotatable bonds is 3. The molecule has 2 heterocycles. The van der Waals surface area contributed by atoms with Gasteiger partial charge in [0.15, 0.2) is 5.76 Å². The van der Waals surface area contributed by atoms with E-state index in [1.165, 1.54) is 4.90 Å². The van der Waals surface area contributed by atoms with Crippen LogP contribution in [0, 0.1) is 0 Å². The van der Waals surface area contributed by atoms with Crippen LogP contribution in [0.15, 0.2) is 40.9 Å². The number of urea groups is 1. The molecule has 2 N–H and O–H groups in total. The summed E-state index contributed by atoms with van der Waals surface area (Å²) in [5.41, 5.74) is 1.56. The topological polar surface area (TPSA) is 87.5 Å². The molecule has 120 valence electrons. The maximum Gasteiger partial charge on any atom is 0.318 e. The summed E-state index contributed by atoms with van der Waals surface area (Å²) in [5, 5.41) is 9.45. The predicted molar refractivity (Wildman–Crippen MR) is 83.4 cm³/mol. The van der Waals surface area contributed by atoms with Gasteiger partial charge in [0.25, 0.3) is 0 Å². The van der Waals surface area contributed by atoms with Gasteiger partial charge in [-0.15, -0.1) is 0 Å². The van der Waals surface area contributed by atoms with E-state index < -0.39 is 6.04 Å². The highest BCUT2D eigenvalue weighted by atomic mass is 16.5. The molecule has 1 aliphatic rings. The zero-order chi connectivity index (χ0) is 16.2. The van der Waals surface area contributed by atoms with Crippen molar-refractivity contribution in [3.63, 3.8) is 0 Å². The van der Waals surface area contributed by atoms with E-state index in [-0.39, 0.29) is 18.5 Å². The van der Waals surface area contributed by atoms with Crippen LogP contribution in [0.25, 0.3) is 11.3 Å². The number of hydrogen-bond donors (Lipinski definition) is 2. The van der Waals surface area contributed by atoms with Crippen LogP contribution in [0.2, 0.25) is 0 Å². The lowest BCUT2D eigenvalue weighted by atomic mass is 10.2. The second kappa shape index (κ2) is 6.51. The van der Waals surface area contributed by atoms with Crippen LogP contribution in [0.1, 0.15) is 12.6 Å². The number of nitrogens with zero attached hydrogens (tertiary/aromatic N) is 2. The number of amides is 3. The van der Waals surface area contributed by atoms with E-state index >= 15 is 0 Å². The number of aromatic nitrogens is 1. The normalized spacial score (nSPS) is 17.7. The van der Waals surface area contributed by atoms with Crippen LogP contribution < -0.4 is 10.6 Å². The minimum atomic E-state index is -0.471. The Balaban J connectivity index is 1.59. The van der Waals surface area contributed by atoms with Crippen LogP contribution >= 0.6 is 0 Å². The zero-order valence-corrected chi connectivity index (χ0v) is 12.8. The first-order chi connectivity index (χ1) is 11.1. The molecule has 1 aromatic carbocycles. The van der Waals surface area contributed by atoms with Crippen LogP contribution in [0.3, 0.4) is 0 Å². The molecule has 1 aliphatic heterocycles. The van der Waals surface area contributed by atoms with Gasteiger partial charge in [0.1, 0.15) is 11.7 Å². The minimum Gasteiger partial charge on any atom is -0.356 e. The molecule has 1 unspecified atom stereocenters. The molecule has 1 saturated heterocycles. The summed E-state index contributed by atoms with van der Waals surface area (Å²) in [6.45, 7) is 2.92. The number of carbonyl (C=O) groups excluding carboxylic acids is 2. The lowest BCUT2D eigenvalue weighted by molar-refractivity contribution is -0.126. The molecule has 0 aliphatic carbocycles. The molecule has 2 aromatic rings. The number of nitrogens with one attached hydrogen (secondary N) is 2. The Hall–Kier alpha value is -2.83. The van der Waals surface area contributed by atoms with Gasteiger partial charge in [-0.1, -0.05) is 35.5 Å². The van der Waals surface area contributed by atoms with Crippen molar-refractivity contribution in [3.05, 3.63) is 42.1 Å². The Bertz CT molecular complexity index is 698. The first-order valence-electron chi connectivity index (χ1n) is 7.48. The number of carbonyl (C=O) groups is 2. The lowest BCUT2D eigenvalue weighted by Crippen LogP contribution is -2.58. The average Bonchev–Trinajstić information content (AvgIpc) is 3.05. The molecule has 7 nitrogen and oxygen atoms in total. The monoisotopic (exact) mass is 314 g/mol. The highest BCUT2D eigenvalue weighted by Crippen LogP contribution is 2.19. The molecule has 0 bridgehead atoms. The van der Waals surface area contributed by atoms with Gasteiger partial charge in [0.05, 0.1) is 6.54 Å². The molecule has 7 heteroatoms. The average molecular weight is 314 g/mol. The first kappa shape index (κ1) is 15.1. The quantitative estimate of drug-likeness (QED) is 0.896. The van der Waals surface area contributed by atoms with Gasteiger partial charge < -0.3 is 20.1 Å². The van der Waals surface area contributed by atoms with Crippen molar-refractivity contribution in [2.75, 3.05) is 13.1 Å². The van der Waals surface area contributed by atoms with E-state index in [1.807, 2.05) is 30.3 Å². The molecule has 23 heavy (non-hydrogen) atoms. The SMILES string of the molecule is CC1C(=O)NCCN1C(=O)NCc1cc(-c2ccccc2)on1. The zero-order valence-electron chi connectivity index (χ0n) is 12.8. The molecular formula is C16H18N4O3. The van der Waals surface area contributed by atoms with E-state index in [9.17, 15) is 9.59 Å². The highest BCUT2D eigenvalue weighted by Gasteiger charge is 2.29. The Labute approximate surface area is 133 Å². The van der Waals surface area contributed by atoms with Crippen molar-refractivity contribution in [3.8, 4) is 11.3 Å². The van der Waals surface area contributed by atoms with Gasteiger partial charge in [-0.3, -0.25) is 4.79 Å². The van der Waals surface area contributed by atoms with Crippen molar-refractivity contribution in [1.29, 1.82) is 0 Å². The number of hydrogen-bond acceptors (Lipinski definition) is 4. The summed E-state index contributed by atoms with van der Waals surface area (Å²) in [6, 6.07) is 10.7. The molecular weight excluding hydrogens is 296 g/mol. The van der Waals surface area contributed by atoms with Crippen molar-refractivity contribution >= 4 is 11.9 Å². The fourth-order valence-electron chi connectivity index (χ4n) is 2.46. The van der Waals surface area contributed by atoms with Gasteiger partial charge >= 0.3 is 6.03 Å². The Kier molecular flexibility index (Phi) is 4.27. The van der Waals surface area contributed by atoms with Crippen molar-refractivity contribution < 1.29 is 14.1 Å². The fraction of sp³-hybridized carbons (Fsp3) is 0.312. The molecule has 1 fully saturated rings. The number of piperazine rings is 1. The third-order valence-electron chi connectivity index (χ3n) is 3.80. The standard InChI is InChI=1S/C16H18N4O3/c1-11-15(21)17-7-8-20(11)16(22)18-10-13-9-14(23-19-13)12-5-3-2-4-6-12/h2-6,9,11H,7-8,10H2,1H3,(H,17,21)(H,18,22). The number of benzene rings is 1. The summed E-state index contributed by atoms with van der Waals surface area (Å²) >= 11 is 0. The van der Waals surface area contributed by atoms with E-state index in [4.69, 9.17) is 4.52 Å². The highest BCUT2D eigenvalue weighted by molar-refractivity contribution is 5.87. The molecule has 0 radical (unpaired) electrons. The van der Waals surface area contributed by atoms with Gasteiger partial charge in [0.2, 0.25) is 5.91 Å². The molecule has 0 saturated carbocycles. The van der Waals surface area contributed by atoms with E-state index in [2.05, 4.69) is 15.8 Å². The van der Waals surface area contributed by atoms with Crippen LogP contribution in [-0.4, -0.2) is 41.1 Å². The first-order valence-corrected chi connectivity index (χ1v) is 7.48. The molecule has 3 rings (SSSR count). The largest absolute Gasteiger partial charge is 0.356 e. The fourth-order valence-corrected chi connectivity index (χ4v) is 2.46. The molecule has 1 atom stereocenters. The summed E-state index contributed by atoms with van der Waals surface area (Å²) < 4.78 is 5.29. The van der Waals surface area contributed by atoms with E-state index in [1.54, 1.807) is 13.0 Å². The smallest absolute Gasteiger partial charge is 0.318 e. The third kappa shape index (κ3) is 3.33. The predicted octanol–water partition coefficient (Wildman–Crippen LogP) is 1.37. The van der Waals surface area contributed by atoms with Crippen molar-refractivity contribution in [2.45, 2.75) is 19.5 Å². The van der Waals surface area contributed by atoms with Gasteiger partial charge in [0, 0.05) is 24.7 Å². The molecule has 1 aromatic heterocycles. The van der Waals surface area contributed by atoms with Gasteiger partial charge in [-0.05, 0) is 6.92 Å². The minimum absolute atomic E-state index is 0.140. The lowest BCUT2D eigenvalue weighted by Gasteiger charge is -2.32. The summed E-state index contributed by atoms with van der Waals surface area (Å²) in [5.74, 6) is 0.514. The Morgan fingerprint density at radius 2 is 2.22 bits per heavy atom. The second-order valence-corrected chi connectivity index (χ2v) is 5.37.